The van der Waals surface area contributed by atoms with Crippen molar-refractivity contribution in [1.29, 1.82) is 0 Å². The van der Waals surface area contributed by atoms with Gasteiger partial charge in [-0.15, -0.1) is 0 Å². The Morgan fingerprint density at radius 3 is 2.60 bits per heavy atom. The minimum Gasteiger partial charge on any atom is -0.389 e. The van der Waals surface area contributed by atoms with Crippen molar-refractivity contribution in [2.45, 2.75) is 45.6 Å². The number of hydrogen-bond donors (Lipinski definition) is 1. The number of hydrogen-bond acceptors (Lipinski definition) is 2. The normalized spacial score (nSPS) is 15.8. The largest absolute Gasteiger partial charge is 0.389 e. The van der Waals surface area contributed by atoms with Gasteiger partial charge in [0.2, 0.25) is 0 Å². The fourth-order valence-electron chi connectivity index (χ4n) is 3.00. The maximum atomic E-state index is 6.20. The Hall–Kier alpha value is -0.800. The molecule has 1 aromatic carbocycles. The molecule has 4 heteroatoms. The molecule has 1 fully saturated rings. The summed E-state index contributed by atoms with van der Waals surface area (Å²) in [5.74, 6) is 0.591. The first-order chi connectivity index (χ1) is 9.49. The SMILES string of the molecule is CC(C)CN(c1cc(Cl)ccc1C(N)=S)C1CCCC1. The standard InChI is InChI=1S/C16H23ClN2S/c1-11(2)10-19(13-5-3-4-6-13)15-9-12(17)7-8-14(15)16(18)20/h7-9,11,13H,3-6,10H2,1-2H3,(H2,18,20). The Balaban J connectivity index is 2.40. The molecule has 2 nitrogen and oxygen atoms in total. The highest BCUT2D eigenvalue weighted by atomic mass is 35.5. The van der Waals surface area contributed by atoms with E-state index in [9.17, 15) is 0 Å². The predicted molar refractivity (Wildman–Crippen MR) is 91.8 cm³/mol. The van der Waals surface area contributed by atoms with Crippen molar-refractivity contribution in [3.63, 3.8) is 0 Å². The van der Waals surface area contributed by atoms with Crippen LogP contribution in [0, 0.1) is 5.92 Å². The number of thiocarbonyl (C=S) groups is 1. The highest BCUT2D eigenvalue weighted by molar-refractivity contribution is 7.80. The van der Waals surface area contributed by atoms with Crippen molar-refractivity contribution in [3.05, 3.63) is 28.8 Å². The Kier molecular flexibility index (Phi) is 5.28. The predicted octanol–water partition coefficient (Wildman–Crippen LogP) is 4.38. The van der Waals surface area contributed by atoms with Crippen LogP contribution in [-0.4, -0.2) is 17.6 Å². The van der Waals surface area contributed by atoms with Crippen LogP contribution < -0.4 is 10.6 Å². The van der Waals surface area contributed by atoms with Gasteiger partial charge in [-0.2, -0.15) is 0 Å². The summed E-state index contributed by atoms with van der Waals surface area (Å²) < 4.78 is 0. The van der Waals surface area contributed by atoms with Gasteiger partial charge in [0.25, 0.3) is 0 Å². The minimum absolute atomic E-state index is 0.448. The van der Waals surface area contributed by atoms with Gasteiger partial charge in [-0.1, -0.05) is 50.5 Å². The zero-order chi connectivity index (χ0) is 14.7. The van der Waals surface area contributed by atoms with Crippen LogP contribution in [0.5, 0.6) is 0 Å². The average molecular weight is 311 g/mol. The van der Waals surface area contributed by atoms with Crippen molar-refractivity contribution >= 4 is 34.5 Å². The van der Waals surface area contributed by atoms with Gasteiger partial charge in [-0.3, -0.25) is 0 Å². The summed E-state index contributed by atoms with van der Waals surface area (Å²) in [4.78, 5) is 2.92. The molecule has 0 atom stereocenters. The third kappa shape index (κ3) is 3.64. The highest BCUT2D eigenvalue weighted by Crippen LogP contribution is 2.33. The van der Waals surface area contributed by atoms with E-state index in [2.05, 4.69) is 18.7 Å². The molecule has 1 aliphatic rings. The second kappa shape index (κ2) is 6.77. The summed E-state index contributed by atoms with van der Waals surface area (Å²) in [6.45, 7) is 5.50. The van der Waals surface area contributed by atoms with E-state index in [4.69, 9.17) is 29.6 Å². The summed E-state index contributed by atoms with van der Waals surface area (Å²) in [7, 11) is 0. The molecule has 1 aromatic rings. The summed E-state index contributed by atoms with van der Waals surface area (Å²) in [5.41, 5.74) is 7.94. The Morgan fingerprint density at radius 2 is 2.05 bits per heavy atom. The average Bonchev–Trinajstić information content (AvgIpc) is 2.88. The van der Waals surface area contributed by atoms with Crippen LogP contribution in [0.2, 0.25) is 5.02 Å². The molecule has 0 aromatic heterocycles. The number of rotatable bonds is 5. The molecule has 20 heavy (non-hydrogen) atoms. The molecule has 110 valence electrons. The fraction of sp³-hybridized carbons (Fsp3) is 0.562. The summed E-state index contributed by atoms with van der Waals surface area (Å²) in [6.07, 6.45) is 5.11. The van der Waals surface area contributed by atoms with Gasteiger partial charge in [-0.05, 0) is 37.0 Å². The lowest BCUT2D eigenvalue weighted by Gasteiger charge is -2.34. The lowest BCUT2D eigenvalue weighted by atomic mass is 10.1. The zero-order valence-corrected chi connectivity index (χ0v) is 13.8. The molecule has 1 aliphatic carbocycles. The van der Waals surface area contributed by atoms with Crippen LogP contribution in [0.4, 0.5) is 5.69 Å². The van der Waals surface area contributed by atoms with E-state index >= 15 is 0 Å². The van der Waals surface area contributed by atoms with Gasteiger partial charge in [0, 0.05) is 28.9 Å². The Bertz CT molecular complexity index is 481. The molecule has 2 rings (SSSR count). The molecule has 0 heterocycles. The van der Waals surface area contributed by atoms with Crippen LogP contribution >= 0.6 is 23.8 Å². The third-order valence-electron chi connectivity index (χ3n) is 3.86. The lowest BCUT2D eigenvalue weighted by Crippen LogP contribution is -2.37. The molecule has 0 bridgehead atoms. The lowest BCUT2D eigenvalue weighted by molar-refractivity contribution is 0.535. The van der Waals surface area contributed by atoms with Gasteiger partial charge < -0.3 is 10.6 Å². The van der Waals surface area contributed by atoms with E-state index in [-0.39, 0.29) is 0 Å². The second-order valence-corrected chi connectivity index (χ2v) is 6.89. The van der Waals surface area contributed by atoms with E-state index < -0.39 is 0 Å². The van der Waals surface area contributed by atoms with Crippen molar-refractivity contribution in [3.8, 4) is 0 Å². The zero-order valence-electron chi connectivity index (χ0n) is 12.2. The van der Waals surface area contributed by atoms with Crippen molar-refractivity contribution in [2.75, 3.05) is 11.4 Å². The molecule has 0 spiro atoms. The van der Waals surface area contributed by atoms with E-state index in [0.29, 0.717) is 16.9 Å². The Labute approximate surface area is 132 Å². The fourth-order valence-corrected chi connectivity index (χ4v) is 3.34. The van der Waals surface area contributed by atoms with Crippen molar-refractivity contribution < 1.29 is 0 Å². The van der Waals surface area contributed by atoms with Gasteiger partial charge in [0.15, 0.2) is 0 Å². The molecule has 0 aliphatic heterocycles. The first-order valence-electron chi connectivity index (χ1n) is 7.35. The minimum atomic E-state index is 0.448. The summed E-state index contributed by atoms with van der Waals surface area (Å²) in [6, 6.07) is 6.41. The number of nitrogens with zero attached hydrogens (tertiary/aromatic N) is 1. The van der Waals surface area contributed by atoms with Crippen LogP contribution in [0.3, 0.4) is 0 Å². The first-order valence-corrected chi connectivity index (χ1v) is 8.13. The topological polar surface area (TPSA) is 29.3 Å². The summed E-state index contributed by atoms with van der Waals surface area (Å²) in [5, 5.41) is 0.742. The van der Waals surface area contributed by atoms with Crippen molar-refractivity contribution in [1.82, 2.24) is 0 Å². The molecular weight excluding hydrogens is 288 g/mol. The van der Waals surface area contributed by atoms with Crippen LogP contribution in [-0.2, 0) is 0 Å². The molecular formula is C16H23ClN2S. The van der Waals surface area contributed by atoms with Crippen LogP contribution in [0.15, 0.2) is 18.2 Å². The van der Waals surface area contributed by atoms with E-state index in [0.717, 1.165) is 22.8 Å². The monoisotopic (exact) mass is 310 g/mol. The number of anilines is 1. The second-order valence-electron chi connectivity index (χ2n) is 6.01. The molecule has 0 unspecified atom stereocenters. The molecule has 1 saturated carbocycles. The van der Waals surface area contributed by atoms with Gasteiger partial charge >= 0.3 is 0 Å². The quantitative estimate of drug-likeness (QED) is 0.818. The third-order valence-corrected chi connectivity index (χ3v) is 4.32. The van der Waals surface area contributed by atoms with E-state index in [1.54, 1.807) is 0 Å². The van der Waals surface area contributed by atoms with Crippen LogP contribution in [0.1, 0.15) is 45.1 Å². The smallest absolute Gasteiger partial charge is 0.106 e. The molecule has 0 saturated heterocycles. The first kappa shape index (κ1) is 15.6. The van der Waals surface area contributed by atoms with Gasteiger partial charge in [-0.25, -0.2) is 0 Å². The summed E-state index contributed by atoms with van der Waals surface area (Å²) >= 11 is 11.4. The highest BCUT2D eigenvalue weighted by Gasteiger charge is 2.25. The number of benzene rings is 1. The van der Waals surface area contributed by atoms with Crippen molar-refractivity contribution in [2.24, 2.45) is 11.7 Å². The number of nitrogens with two attached hydrogens (primary N) is 1. The molecule has 0 radical (unpaired) electrons. The maximum absolute atomic E-state index is 6.20. The Morgan fingerprint density at radius 1 is 1.40 bits per heavy atom. The molecule has 2 N–H and O–H groups in total. The number of halogens is 1. The van der Waals surface area contributed by atoms with Gasteiger partial charge in [0.1, 0.15) is 4.99 Å². The van der Waals surface area contributed by atoms with E-state index in [1.165, 1.54) is 25.7 Å². The van der Waals surface area contributed by atoms with Crippen LogP contribution in [0.25, 0.3) is 0 Å². The maximum Gasteiger partial charge on any atom is 0.106 e. The van der Waals surface area contributed by atoms with Gasteiger partial charge in [0.05, 0.1) is 0 Å². The van der Waals surface area contributed by atoms with E-state index in [1.807, 2.05) is 18.2 Å². The molecule has 0 amide bonds.